The lowest BCUT2D eigenvalue weighted by molar-refractivity contribution is -0.137. The van der Waals surface area contributed by atoms with Crippen molar-refractivity contribution in [2.45, 2.75) is 32.1 Å². The number of rotatable bonds is 8. The van der Waals surface area contributed by atoms with Gasteiger partial charge in [0.05, 0.1) is 0 Å². The molecule has 0 aromatic heterocycles. The van der Waals surface area contributed by atoms with Crippen LogP contribution in [0.5, 0.6) is 0 Å². The van der Waals surface area contributed by atoms with E-state index in [0.717, 1.165) is 11.1 Å². The van der Waals surface area contributed by atoms with Gasteiger partial charge in [-0.25, -0.2) is 0 Å². The summed E-state index contributed by atoms with van der Waals surface area (Å²) in [6.07, 6.45) is 0.380. The minimum absolute atomic E-state index is 0.0462. The molecule has 0 aliphatic rings. The van der Waals surface area contributed by atoms with Crippen molar-refractivity contribution in [2.24, 2.45) is 0 Å². The molecule has 2 nitrogen and oxygen atoms in total. The molecule has 0 aliphatic heterocycles. The van der Waals surface area contributed by atoms with Gasteiger partial charge in [-0.15, -0.1) is 0 Å². The second-order valence-corrected chi connectivity index (χ2v) is 5.64. The van der Waals surface area contributed by atoms with E-state index in [4.69, 9.17) is 5.11 Å². The number of allylic oxidation sites excluding steroid dienone is 1. The molecule has 126 valence electrons. The van der Waals surface area contributed by atoms with Gasteiger partial charge in [-0.1, -0.05) is 61.0 Å². The zero-order valence-electron chi connectivity index (χ0n) is 13.3. The molecule has 0 unspecified atom stereocenters. The fraction of sp³-hybridized carbons (Fsp3) is 0.250. The van der Waals surface area contributed by atoms with Crippen molar-refractivity contribution in [3.8, 4) is 11.1 Å². The van der Waals surface area contributed by atoms with E-state index < -0.39 is 12.0 Å². The average molecular weight is 330 g/mol. The molecular formula is C20H20F2O2. The van der Waals surface area contributed by atoms with Crippen LogP contribution in [0.15, 0.2) is 60.7 Å². The van der Waals surface area contributed by atoms with Gasteiger partial charge in [0.2, 0.25) is 0 Å². The van der Waals surface area contributed by atoms with Crippen molar-refractivity contribution in [3.63, 3.8) is 0 Å². The van der Waals surface area contributed by atoms with Gasteiger partial charge in [0, 0.05) is 12.0 Å². The van der Waals surface area contributed by atoms with Crippen LogP contribution in [0.3, 0.4) is 0 Å². The van der Waals surface area contributed by atoms with Crippen molar-refractivity contribution in [1.29, 1.82) is 0 Å². The van der Waals surface area contributed by atoms with E-state index in [2.05, 4.69) is 0 Å². The maximum Gasteiger partial charge on any atom is 0.303 e. The Morgan fingerprint density at radius 1 is 0.792 bits per heavy atom. The van der Waals surface area contributed by atoms with Crippen molar-refractivity contribution in [1.82, 2.24) is 0 Å². The van der Waals surface area contributed by atoms with Gasteiger partial charge in [-0.3, -0.25) is 4.79 Å². The normalized spacial score (nSPS) is 10.4. The molecular weight excluding hydrogens is 310 g/mol. The first kappa shape index (κ1) is 17.9. The number of carboxylic acid groups (broad SMARTS) is 1. The summed E-state index contributed by atoms with van der Waals surface area (Å²) in [5.74, 6) is -0.848. The molecule has 0 fully saturated rings. The summed E-state index contributed by atoms with van der Waals surface area (Å²) < 4.78 is 26.5. The number of benzene rings is 2. The number of hydrogen-bond acceptors (Lipinski definition) is 1. The average Bonchev–Trinajstić information content (AvgIpc) is 2.58. The second-order valence-electron chi connectivity index (χ2n) is 5.64. The summed E-state index contributed by atoms with van der Waals surface area (Å²) in [4.78, 5) is 10.4. The highest BCUT2D eigenvalue weighted by Crippen LogP contribution is 2.29. The molecule has 0 atom stereocenters. The summed E-state index contributed by atoms with van der Waals surface area (Å²) >= 11 is 0. The molecule has 0 spiro atoms. The van der Waals surface area contributed by atoms with E-state index in [0.29, 0.717) is 24.8 Å². The zero-order chi connectivity index (χ0) is 17.4. The van der Waals surface area contributed by atoms with Gasteiger partial charge in [0.1, 0.15) is 0 Å². The minimum atomic E-state index is -1.67. The molecule has 0 saturated heterocycles. The van der Waals surface area contributed by atoms with Crippen molar-refractivity contribution < 1.29 is 18.7 Å². The van der Waals surface area contributed by atoms with Crippen LogP contribution in [0.25, 0.3) is 16.7 Å². The first-order chi connectivity index (χ1) is 11.6. The van der Waals surface area contributed by atoms with Gasteiger partial charge >= 0.3 is 5.97 Å². The van der Waals surface area contributed by atoms with Crippen LogP contribution < -0.4 is 0 Å². The van der Waals surface area contributed by atoms with Crippen molar-refractivity contribution >= 4 is 11.5 Å². The molecule has 4 heteroatoms. The molecule has 2 aromatic rings. The maximum absolute atomic E-state index is 13.2. The van der Waals surface area contributed by atoms with Gasteiger partial charge in [0.15, 0.2) is 0 Å². The van der Waals surface area contributed by atoms with Crippen LogP contribution in [0.2, 0.25) is 0 Å². The molecule has 0 bridgehead atoms. The van der Waals surface area contributed by atoms with E-state index >= 15 is 0 Å². The number of unbranched alkanes of at least 4 members (excludes halogenated alkanes) is 2. The van der Waals surface area contributed by atoms with Crippen LogP contribution in [0.4, 0.5) is 8.78 Å². The fourth-order valence-corrected chi connectivity index (χ4v) is 2.60. The molecule has 0 radical (unpaired) electrons. The summed E-state index contributed by atoms with van der Waals surface area (Å²) in [5, 5.41) is 8.58. The lowest BCUT2D eigenvalue weighted by Gasteiger charge is -2.08. The highest BCUT2D eigenvalue weighted by Gasteiger charge is 2.10. The SMILES string of the molecule is O=C(O)CCCCCC(=C(F)F)c1ccc(-c2ccccc2)cc1. The standard InChI is InChI=1S/C20H20F2O2/c21-20(22)18(9-5-2-6-10-19(23)24)17-13-11-16(12-14-17)15-7-3-1-4-8-15/h1,3-4,7-8,11-14H,2,5-6,9-10H2,(H,23,24). The molecule has 1 N–H and O–H groups in total. The number of halogens is 2. The minimum Gasteiger partial charge on any atom is -0.481 e. The predicted molar refractivity (Wildman–Crippen MR) is 91.7 cm³/mol. The fourth-order valence-electron chi connectivity index (χ4n) is 2.60. The first-order valence-electron chi connectivity index (χ1n) is 7.99. The number of hydrogen-bond donors (Lipinski definition) is 1. The smallest absolute Gasteiger partial charge is 0.303 e. The monoisotopic (exact) mass is 330 g/mol. The summed E-state index contributed by atoms with van der Waals surface area (Å²) in [7, 11) is 0. The molecule has 0 heterocycles. The van der Waals surface area contributed by atoms with Crippen LogP contribution in [0.1, 0.15) is 37.7 Å². The van der Waals surface area contributed by atoms with Gasteiger partial charge in [-0.05, 0) is 36.0 Å². The van der Waals surface area contributed by atoms with E-state index in [1.54, 1.807) is 12.1 Å². The Morgan fingerprint density at radius 3 is 1.96 bits per heavy atom. The quantitative estimate of drug-likeness (QED) is 0.603. The Balaban J connectivity index is 2.01. The third-order valence-electron chi connectivity index (χ3n) is 3.89. The lowest BCUT2D eigenvalue weighted by Crippen LogP contribution is -1.94. The van der Waals surface area contributed by atoms with Crippen LogP contribution in [-0.2, 0) is 4.79 Å². The summed E-state index contributed by atoms with van der Waals surface area (Å²) in [6, 6.07) is 16.9. The third kappa shape index (κ3) is 5.30. The molecule has 0 saturated carbocycles. The van der Waals surface area contributed by atoms with E-state index in [-0.39, 0.29) is 18.4 Å². The topological polar surface area (TPSA) is 37.3 Å². The Hall–Kier alpha value is -2.49. The summed E-state index contributed by atoms with van der Waals surface area (Å²) in [5.41, 5.74) is 2.60. The Kier molecular flexibility index (Phi) is 6.67. The summed E-state index contributed by atoms with van der Waals surface area (Å²) in [6.45, 7) is 0. The van der Waals surface area contributed by atoms with E-state index in [9.17, 15) is 13.6 Å². The van der Waals surface area contributed by atoms with E-state index in [1.165, 1.54) is 0 Å². The molecule has 0 aliphatic carbocycles. The number of carboxylic acids is 1. The van der Waals surface area contributed by atoms with Crippen LogP contribution >= 0.6 is 0 Å². The van der Waals surface area contributed by atoms with Crippen molar-refractivity contribution in [3.05, 3.63) is 66.2 Å². The maximum atomic E-state index is 13.2. The Bertz CT molecular complexity index is 687. The van der Waals surface area contributed by atoms with Crippen molar-refractivity contribution in [2.75, 3.05) is 0 Å². The van der Waals surface area contributed by atoms with Gasteiger partial charge < -0.3 is 5.11 Å². The highest BCUT2D eigenvalue weighted by atomic mass is 19.3. The third-order valence-corrected chi connectivity index (χ3v) is 3.89. The largest absolute Gasteiger partial charge is 0.481 e. The molecule has 24 heavy (non-hydrogen) atoms. The number of carbonyl (C=O) groups is 1. The highest BCUT2D eigenvalue weighted by molar-refractivity contribution is 5.71. The Labute approximate surface area is 140 Å². The lowest BCUT2D eigenvalue weighted by atomic mass is 9.97. The van der Waals surface area contributed by atoms with E-state index in [1.807, 2.05) is 42.5 Å². The first-order valence-corrected chi connectivity index (χ1v) is 7.99. The zero-order valence-corrected chi connectivity index (χ0v) is 13.3. The van der Waals surface area contributed by atoms with Crippen LogP contribution in [-0.4, -0.2) is 11.1 Å². The van der Waals surface area contributed by atoms with Gasteiger partial charge in [-0.2, -0.15) is 8.78 Å². The predicted octanol–water partition coefficient (Wildman–Crippen LogP) is 6.00. The molecule has 2 rings (SSSR count). The van der Waals surface area contributed by atoms with Gasteiger partial charge in [0.25, 0.3) is 6.08 Å². The molecule has 0 amide bonds. The molecule has 2 aromatic carbocycles. The Morgan fingerprint density at radius 2 is 1.38 bits per heavy atom. The number of aliphatic carboxylic acids is 1. The van der Waals surface area contributed by atoms with Crippen LogP contribution in [0, 0.1) is 0 Å². The second kappa shape index (κ2) is 8.96.